The standard InChI is InChI=1S/C47H93NO10/c1-5-9-13-19-27-43(25-11-7-3)46(49)57-32-23-16-15-21-30-54-41-45(42-55-40-39-53-38-37-52-36-35-51-34-29-48)56-31-22-17-18-24-33-58-47(50)44(26-12-8-4)28-20-14-10-6-2/h43-45H,5-42,48H2,1-4H3. The van der Waals surface area contributed by atoms with Crippen molar-refractivity contribution in [3.8, 4) is 0 Å². The van der Waals surface area contributed by atoms with Gasteiger partial charge in [-0.1, -0.05) is 118 Å². The van der Waals surface area contributed by atoms with E-state index in [4.69, 9.17) is 43.6 Å². The highest BCUT2D eigenvalue weighted by Crippen LogP contribution is 2.21. The monoisotopic (exact) mass is 832 g/mol. The van der Waals surface area contributed by atoms with Gasteiger partial charge in [-0.2, -0.15) is 0 Å². The quantitative estimate of drug-likeness (QED) is 0.0464. The summed E-state index contributed by atoms with van der Waals surface area (Å²) in [4.78, 5) is 25.5. The average Bonchev–Trinajstić information content (AvgIpc) is 3.23. The highest BCUT2D eigenvalue weighted by molar-refractivity contribution is 5.72. The molecule has 0 radical (unpaired) electrons. The van der Waals surface area contributed by atoms with Crippen LogP contribution in [0, 0.1) is 11.8 Å². The molecule has 0 aliphatic carbocycles. The fourth-order valence-corrected chi connectivity index (χ4v) is 6.66. The van der Waals surface area contributed by atoms with Gasteiger partial charge < -0.3 is 43.6 Å². The lowest BCUT2D eigenvalue weighted by molar-refractivity contribution is -0.150. The van der Waals surface area contributed by atoms with Gasteiger partial charge in [-0.25, -0.2) is 0 Å². The normalized spacial score (nSPS) is 13.1. The zero-order valence-electron chi connectivity index (χ0n) is 38.3. The molecule has 0 aliphatic heterocycles. The number of carbonyl (C=O) groups is 2. The Morgan fingerprint density at radius 3 is 1.19 bits per heavy atom. The molecule has 0 rings (SSSR count). The summed E-state index contributed by atoms with van der Waals surface area (Å²) in [7, 11) is 0. The summed E-state index contributed by atoms with van der Waals surface area (Å²) in [6.45, 7) is 16.1. The van der Waals surface area contributed by atoms with E-state index in [-0.39, 0.29) is 29.9 Å². The molecule has 0 bridgehead atoms. The van der Waals surface area contributed by atoms with Crippen molar-refractivity contribution in [3.05, 3.63) is 0 Å². The van der Waals surface area contributed by atoms with Gasteiger partial charge >= 0.3 is 11.9 Å². The van der Waals surface area contributed by atoms with Crippen LogP contribution in [-0.4, -0.2) is 110 Å². The number of ether oxygens (including phenoxy) is 8. The molecule has 11 heteroatoms. The molecule has 58 heavy (non-hydrogen) atoms. The third kappa shape index (κ3) is 38.8. The lowest BCUT2D eigenvalue weighted by atomic mass is 9.95. The van der Waals surface area contributed by atoms with Gasteiger partial charge in [0.25, 0.3) is 0 Å². The first-order valence-corrected chi connectivity index (χ1v) is 24.1. The molecule has 3 atom stereocenters. The van der Waals surface area contributed by atoms with E-state index < -0.39 is 0 Å². The summed E-state index contributed by atoms with van der Waals surface area (Å²) in [6, 6.07) is 0. The maximum atomic E-state index is 12.7. The van der Waals surface area contributed by atoms with Crippen molar-refractivity contribution < 1.29 is 47.5 Å². The maximum Gasteiger partial charge on any atom is 0.308 e. The van der Waals surface area contributed by atoms with Crippen molar-refractivity contribution in [3.63, 3.8) is 0 Å². The van der Waals surface area contributed by atoms with Crippen molar-refractivity contribution >= 4 is 11.9 Å². The molecule has 0 saturated heterocycles. The molecule has 0 aliphatic rings. The fraction of sp³-hybridized carbons (Fsp3) is 0.957. The van der Waals surface area contributed by atoms with Crippen LogP contribution in [-0.2, 0) is 47.5 Å². The minimum absolute atomic E-state index is 0.000761. The third-order valence-corrected chi connectivity index (χ3v) is 10.3. The van der Waals surface area contributed by atoms with E-state index in [0.29, 0.717) is 92.4 Å². The lowest BCUT2D eigenvalue weighted by Crippen LogP contribution is -2.27. The molecule has 0 fully saturated rings. The molecule has 346 valence electrons. The van der Waals surface area contributed by atoms with Gasteiger partial charge in [0.1, 0.15) is 6.10 Å². The van der Waals surface area contributed by atoms with Crippen molar-refractivity contribution in [2.45, 2.75) is 188 Å². The Balaban J connectivity index is 4.42. The van der Waals surface area contributed by atoms with Gasteiger partial charge in [0.05, 0.1) is 84.5 Å². The van der Waals surface area contributed by atoms with Crippen LogP contribution in [0.25, 0.3) is 0 Å². The number of hydrogen-bond acceptors (Lipinski definition) is 11. The molecule has 0 aromatic rings. The van der Waals surface area contributed by atoms with Crippen LogP contribution >= 0.6 is 0 Å². The van der Waals surface area contributed by atoms with Gasteiger partial charge in [-0.15, -0.1) is 0 Å². The van der Waals surface area contributed by atoms with Crippen LogP contribution in [0.15, 0.2) is 0 Å². The van der Waals surface area contributed by atoms with Crippen molar-refractivity contribution in [1.29, 1.82) is 0 Å². The molecule has 0 aromatic heterocycles. The maximum absolute atomic E-state index is 12.7. The first-order chi connectivity index (χ1) is 28.5. The summed E-state index contributed by atoms with van der Waals surface area (Å²) >= 11 is 0. The number of nitrogens with two attached hydrogens (primary N) is 1. The van der Waals surface area contributed by atoms with E-state index in [0.717, 1.165) is 116 Å². The van der Waals surface area contributed by atoms with Gasteiger partial charge in [-0.05, 0) is 64.2 Å². The Morgan fingerprint density at radius 2 is 0.741 bits per heavy atom. The molecule has 0 saturated carbocycles. The van der Waals surface area contributed by atoms with Crippen molar-refractivity contribution in [1.82, 2.24) is 0 Å². The molecule has 0 spiro atoms. The number of rotatable bonds is 48. The van der Waals surface area contributed by atoms with Crippen LogP contribution in [0.5, 0.6) is 0 Å². The van der Waals surface area contributed by atoms with Crippen LogP contribution < -0.4 is 5.73 Å². The number of carbonyl (C=O) groups excluding carboxylic acids is 2. The minimum atomic E-state index is -0.155. The smallest absolute Gasteiger partial charge is 0.308 e. The Morgan fingerprint density at radius 1 is 0.379 bits per heavy atom. The highest BCUT2D eigenvalue weighted by Gasteiger charge is 2.20. The second kappa shape index (κ2) is 46.7. The number of esters is 2. The fourth-order valence-electron chi connectivity index (χ4n) is 6.66. The average molecular weight is 832 g/mol. The SMILES string of the molecule is CCCCCCC(CCCC)C(=O)OCCCCCCOCC(COCCOCCOCCOCCN)OCCCCCCOC(=O)C(CCCC)CCCCCC. The first-order valence-electron chi connectivity index (χ1n) is 24.1. The lowest BCUT2D eigenvalue weighted by Gasteiger charge is -2.19. The van der Waals surface area contributed by atoms with Gasteiger partial charge in [0.2, 0.25) is 0 Å². The first kappa shape index (κ1) is 56.7. The van der Waals surface area contributed by atoms with E-state index in [2.05, 4.69) is 27.7 Å². The largest absolute Gasteiger partial charge is 0.465 e. The predicted octanol–water partition coefficient (Wildman–Crippen LogP) is 10.2. The predicted molar refractivity (Wildman–Crippen MR) is 235 cm³/mol. The number of unbranched alkanes of at least 4 members (excludes halogenated alkanes) is 14. The zero-order chi connectivity index (χ0) is 42.4. The topological polar surface area (TPSA) is 134 Å². The zero-order valence-corrected chi connectivity index (χ0v) is 38.3. The number of hydrogen-bond donors (Lipinski definition) is 1. The summed E-state index contributed by atoms with van der Waals surface area (Å²) in [6.07, 6.45) is 25.3. The Kier molecular flexibility index (Phi) is 45.6. The van der Waals surface area contributed by atoms with Crippen LogP contribution in [0.4, 0.5) is 0 Å². The highest BCUT2D eigenvalue weighted by atomic mass is 16.6. The van der Waals surface area contributed by atoms with Crippen LogP contribution in [0.1, 0.15) is 182 Å². The van der Waals surface area contributed by atoms with E-state index >= 15 is 0 Å². The summed E-state index contributed by atoms with van der Waals surface area (Å²) in [5.41, 5.74) is 5.41. The Labute approximate surface area is 356 Å². The summed E-state index contributed by atoms with van der Waals surface area (Å²) in [5.74, 6) is 0.115. The van der Waals surface area contributed by atoms with E-state index in [1.54, 1.807) is 0 Å². The van der Waals surface area contributed by atoms with Crippen molar-refractivity contribution in [2.24, 2.45) is 17.6 Å². The van der Waals surface area contributed by atoms with Gasteiger partial charge in [0, 0.05) is 19.8 Å². The second-order valence-corrected chi connectivity index (χ2v) is 15.8. The Hall–Kier alpha value is -1.34. The molecular formula is C47H93NO10. The minimum Gasteiger partial charge on any atom is -0.465 e. The third-order valence-electron chi connectivity index (χ3n) is 10.3. The summed E-state index contributed by atoms with van der Waals surface area (Å²) in [5, 5.41) is 0. The molecule has 0 amide bonds. The second-order valence-electron chi connectivity index (χ2n) is 15.8. The Bertz CT molecular complexity index is 850. The van der Waals surface area contributed by atoms with Crippen LogP contribution in [0.2, 0.25) is 0 Å². The van der Waals surface area contributed by atoms with Crippen LogP contribution in [0.3, 0.4) is 0 Å². The van der Waals surface area contributed by atoms with E-state index in [9.17, 15) is 9.59 Å². The van der Waals surface area contributed by atoms with E-state index in [1.807, 2.05) is 0 Å². The molecule has 0 aromatic carbocycles. The summed E-state index contributed by atoms with van der Waals surface area (Å²) < 4.78 is 46.0. The molecule has 0 heterocycles. The molecule has 11 nitrogen and oxygen atoms in total. The van der Waals surface area contributed by atoms with Crippen molar-refractivity contribution in [2.75, 3.05) is 92.4 Å². The molecule has 2 N–H and O–H groups in total. The van der Waals surface area contributed by atoms with E-state index in [1.165, 1.54) is 38.5 Å². The molecule has 3 unspecified atom stereocenters. The molecular weight excluding hydrogens is 739 g/mol. The van der Waals surface area contributed by atoms with Gasteiger partial charge in [-0.3, -0.25) is 9.59 Å². The van der Waals surface area contributed by atoms with Gasteiger partial charge in [0.15, 0.2) is 0 Å².